The second kappa shape index (κ2) is 11.5. The Morgan fingerprint density at radius 2 is 2.20 bits per heavy atom. The highest BCUT2D eigenvalue weighted by Crippen LogP contribution is 2.25. The first-order valence-corrected chi connectivity index (χ1v) is 11.1. The van der Waals surface area contributed by atoms with E-state index in [4.69, 9.17) is 0 Å². The molecule has 30 heavy (non-hydrogen) atoms. The van der Waals surface area contributed by atoms with Gasteiger partial charge in [-0.05, 0) is 43.7 Å². The summed E-state index contributed by atoms with van der Waals surface area (Å²) in [5.41, 5.74) is 1.03. The van der Waals surface area contributed by atoms with Crippen molar-refractivity contribution in [3.8, 4) is 0 Å². The van der Waals surface area contributed by atoms with Gasteiger partial charge >= 0.3 is 0 Å². The molecule has 0 aromatic carbocycles. The van der Waals surface area contributed by atoms with Crippen LogP contribution in [0.1, 0.15) is 44.7 Å². The van der Waals surface area contributed by atoms with Crippen LogP contribution in [0.5, 0.6) is 0 Å². The van der Waals surface area contributed by atoms with Crippen molar-refractivity contribution in [2.75, 3.05) is 43.4 Å². The van der Waals surface area contributed by atoms with Crippen LogP contribution in [-0.2, 0) is 11.2 Å². The molecule has 1 amide bonds. The largest absolute Gasteiger partial charge is 0.370 e. The number of nitrogens with one attached hydrogen (secondary N) is 1. The van der Waals surface area contributed by atoms with Crippen molar-refractivity contribution in [3.63, 3.8) is 0 Å². The van der Waals surface area contributed by atoms with Crippen molar-refractivity contribution in [1.82, 2.24) is 19.9 Å². The summed E-state index contributed by atoms with van der Waals surface area (Å²) in [7, 11) is 1.89. The van der Waals surface area contributed by atoms with Crippen molar-refractivity contribution in [2.45, 2.75) is 45.4 Å². The number of amides is 1. The Hall–Kier alpha value is -2.70. The molecule has 1 fully saturated rings. The summed E-state index contributed by atoms with van der Waals surface area (Å²) in [6, 6.07) is 7.94. The summed E-state index contributed by atoms with van der Waals surface area (Å²) in [5.74, 6) is 2.60. The van der Waals surface area contributed by atoms with Crippen LogP contribution < -0.4 is 10.2 Å². The zero-order chi connectivity index (χ0) is 21.2. The minimum Gasteiger partial charge on any atom is -0.370 e. The van der Waals surface area contributed by atoms with Gasteiger partial charge in [-0.15, -0.1) is 0 Å². The van der Waals surface area contributed by atoms with Gasteiger partial charge in [0.15, 0.2) is 0 Å². The fraction of sp³-hybridized carbons (Fsp3) is 0.565. The number of hydrogen-bond donors (Lipinski definition) is 1. The highest BCUT2D eigenvalue weighted by atomic mass is 16.2. The van der Waals surface area contributed by atoms with E-state index in [0.717, 1.165) is 62.6 Å². The van der Waals surface area contributed by atoms with Crippen LogP contribution >= 0.6 is 0 Å². The van der Waals surface area contributed by atoms with Gasteiger partial charge in [0.25, 0.3) is 0 Å². The first-order valence-electron chi connectivity index (χ1n) is 11.1. The van der Waals surface area contributed by atoms with Gasteiger partial charge in [-0.3, -0.25) is 9.78 Å². The molecule has 0 radical (unpaired) electrons. The van der Waals surface area contributed by atoms with Gasteiger partial charge in [0.1, 0.15) is 18.0 Å². The molecule has 2 aromatic rings. The molecule has 1 saturated heterocycles. The molecule has 0 aliphatic carbocycles. The van der Waals surface area contributed by atoms with E-state index in [-0.39, 0.29) is 5.91 Å². The van der Waals surface area contributed by atoms with Crippen LogP contribution in [0.2, 0.25) is 0 Å². The van der Waals surface area contributed by atoms with E-state index in [1.807, 2.05) is 36.2 Å². The van der Waals surface area contributed by atoms with Crippen LogP contribution in [0.3, 0.4) is 0 Å². The first-order chi connectivity index (χ1) is 14.7. The second-order valence-corrected chi connectivity index (χ2v) is 8.07. The predicted octanol–water partition coefficient (Wildman–Crippen LogP) is 3.39. The summed E-state index contributed by atoms with van der Waals surface area (Å²) in [6.07, 6.45) is 9.13. The van der Waals surface area contributed by atoms with Crippen molar-refractivity contribution >= 4 is 17.5 Å². The lowest BCUT2D eigenvalue weighted by atomic mass is 9.93. The molecule has 0 bridgehead atoms. The zero-order valence-corrected chi connectivity index (χ0v) is 18.3. The van der Waals surface area contributed by atoms with Gasteiger partial charge in [0.05, 0.1) is 0 Å². The molecule has 3 heterocycles. The van der Waals surface area contributed by atoms with Crippen molar-refractivity contribution in [3.05, 3.63) is 42.5 Å². The average molecular weight is 411 g/mol. The van der Waals surface area contributed by atoms with Gasteiger partial charge < -0.3 is 15.1 Å². The van der Waals surface area contributed by atoms with E-state index >= 15 is 0 Å². The fourth-order valence-corrected chi connectivity index (χ4v) is 3.85. The van der Waals surface area contributed by atoms with E-state index < -0.39 is 0 Å². The van der Waals surface area contributed by atoms with Crippen LogP contribution in [0.15, 0.2) is 36.8 Å². The van der Waals surface area contributed by atoms with Crippen LogP contribution in [-0.4, -0.2) is 59.0 Å². The Kier molecular flexibility index (Phi) is 8.41. The molecular weight excluding hydrogens is 376 g/mol. The molecule has 1 N–H and O–H groups in total. The van der Waals surface area contributed by atoms with Crippen LogP contribution in [0.25, 0.3) is 0 Å². The van der Waals surface area contributed by atoms with E-state index in [9.17, 15) is 4.79 Å². The van der Waals surface area contributed by atoms with E-state index in [0.29, 0.717) is 18.9 Å². The number of anilines is 2. The Labute approximate surface area is 179 Å². The minimum atomic E-state index is 0.219. The monoisotopic (exact) mass is 410 g/mol. The van der Waals surface area contributed by atoms with E-state index in [1.165, 1.54) is 6.42 Å². The molecule has 0 spiro atoms. The number of pyridine rings is 1. The first kappa shape index (κ1) is 22.0. The summed E-state index contributed by atoms with van der Waals surface area (Å²) in [6.45, 7) is 5.73. The van der Waals surface area contributed by atoms with E-state index in [2.05, 4.69) is 32.1 Å². The number of hydrogen-bond acceptors (Lipinski definition) is 6. The number of carbonyl (C=O) groups is 1. The molecular formula is C23H34N6O. The molecule has 1 aliphatic rings. The Morgan fingerprint density at radius 1 is 1.30 bits per heavy atom. The number of piperidine rings is 1. The quantitative estimate of drug-likeness (QED) is 0.647. The summed E-state index contributed by atoms with van der Waals surface area (Å²) in [5, 5.41) is 3.33. The van der Waals surface area contributed by atoms with Crippen molar-refractivity contribution in [2.24, 2.45) is 5.92 Å². The number of likely N-dealkylation sites (N-methyl/N-ethyl adjacent to an activating group) is 1. The third kappa shape index (κ3) is 6.68. The predicted molar refractivity (Wildman–Crippen MR) is 121 cm³/mol. The van der Waals surface area contributed by atoms with Crippen molar-refractivity contribution in [1.29, 1.82) is 0 Å². The molecule has 2 aromatic heterocycles. The number of rotatable bonds is 10. The van der Waals surface area contributed by atoms with Crippen LogP contribution in [0.4, 0.5) is 11.6 Å². The zero-order valence-electron chi connectivity index (χ0n) is 18.3. The molecule has 1 atom stereocenters. The summed E-state index contributed by atoms with van der Waals surface area (Å²) in [4.78, 5) is 29.9. The topological polar surface area (TPSA) is 74.2 Å². The van der Waals surface area contributed by atoms with Gasteiger partial charge in [-0.1, -0.05) is 13.0 Å². The molecule has 1 unspecified atom stereocenters. The number of aromatic nitrogens is 3. The summed E-state index contributed by atoms with van der Waals surface area (Å²) >= 11 is 0. The molecule has 7 nitrogen and oxygen atoms in total. The van der Waals surface area contributed by atoms with E-state index in [1.54, 1.807) is 12.5 Å². The standard InChI is InChI=1S/C23H34N6O/c1-3-12-25-21-16-22(27-18-26-21)29-14-6-7-19(17-29)9-10-23(30)28(2)15-11-20-8-4-5-13-24-20/h4-5,8,13,16,18-19H,3,6-7,9-12,14-15,17H2,1-2H3,(H,25,26,27). The lowest BCUT2D eigenvalue weighted by molar-refractivity contribution is -0.130. The third-order valence-corrected chi connectivity index (χ3v) is 5.67. The Bertz CT molecular complexity index is 784. The molecule has 1 aliphatic heterocycles. The van der Waals surface area contributed by atoms with Crippen LogP contribution in [0, 0.1) is 5.92 Å². The lowest BCUT2D eigenvalue weighted by Crippen LogP contribution is -2.37. The number of carbonyl (C=O) groups excluding carboxylic acids is 1. The smallest absolute Gasteiger partial charge is 0.222 e. The highest BCUT2D eigenvalue weighted by molar-refractivity contribution is 5.75. The van der Waals surface area contributed by atoms with Gasteiger partial charge in [0, 0.05) is 64.0 Å². The Morgan fingerprint density at radius 3 is 3.00 bits per heavy atom. The Balaban J connectivity index is 1.45. The van der Waals surface area contributed by atoms with Crippen molar-refractivity contribution < 1.29 is 4.79 Å². The summed E-state index contributed by atoms with van der Waals surface area (Å²) < 4.78 is 0. The maximum atomic E-state index is 12.6. The lowest BCUT2D eigenvalue weighted by Gasteiger charge is -2.33. The van der Waals surface area contributed by atoms with Gasteiger partial charge in [0.2, 0.25) is 5.91 Å². The minimum absolute atomic E-state index is 0.219. The molecule has 3 rings (SSSR count). The fourth-order valence-electron chi connectivity index (χ4n) is 3.85. The van der Waals surface area contributed by atoms with Gasteiger partial charge in [-0.2, -0.15) is 0 Å². The second-order valence-electron chi connectivity index (χ2n) is 8.07. The normalized spacial score (nSPS) is 16.3. The maximum Gasteiger partial charge on any atom is 0.222 e. The molecule has 7 heteroatoms. The molecule has 162 valence electrons. The van der Waals surface area contributed by atoms with Gasteiger partial charge in [-0.25, -0.2) is 9.97 Å². The average Bonchev–Trinajstić information content (AvgIpc) is 2.80. The third-order valence-electron chi connectivity index (χ3n) is 5.67. The number of nitrogens with zero attached hydrogens (tertiary/aromatic N) is 5. The SMILES string of the molecule is CCCNc1cc(N2CCCC(CCC(=O)N(C)CCc3ccccn3)C2)ncn1. The maximum absolute atomic E-state index is 12.6. The highest BCUT2D eigenvalue weighted by Gasteiger charge is 2.22. The molecule has 0 saturated carbocycles.